The van der Waals surface area contributed by atoms with E-state index in [1.807, 2.05) is 35.8 Å². The highest BCUT2D eigenvalue weighted by molar-refractivity contribution is 6.40. The van der Waals surface area contributed by atoms with Crippen molar-refractivity contribution in [1.29, 1.82) is 0 Å². The lowest BCUT2D eigenvalue weighted by atomic mass is 10.1. The molecule has 0 bridgehead atoms. The largest absolute Gasteiger partial charge is 0.475 e. The number of aryl methyl sites for hydroxylation is 2. The molecule has 0 saturated carbocycles. The maximum atomic E-state index is 11.6. The molecule has 0 radical (unpaired) electrons. The molecule has 20 heavy (non-hydrogen) atoms. The van der Waals surface area contributed by atoms with Crippen molar-refractivity contribution < 1.29 is 14.7 Å². The van der Waals surface area contributed by atoms with Crippen molar-refractivity contribution in [1.82, 2.24) is 4.57 Å². The second kappa shape index (κ2) is 5.33. The molecule has 0 aliphatic rings. The van der Waals surface area contributed by atoms with Crippen LogP contribution in [0.1, 0.15) is 34.2 Å². The zero-order valence-corrected chi connectivity index (χ0v) is 11.8. The number of benzene rings is 1. The molecular weight excluding hydrogens is 254 g/mol. The zero-order chi connectivity index (χ0) is 14.9. The second-order valence-corrected chi connectivity index (χ2v) is 4.77. The van der Waals surface area contributed by atoms with Crippen molar-refractivity contribution in [2.24, 2.45) is 0 Å². The van der Waals surface area contributed by atoms with Crippen LogP contribution in [0.2, 0.25) is 0 Å². The van der Waals surface area contributed by atoms with Gasteiger partial charge < -0.3 is 9.67 Å². The predicted octanol–water partition coefficient (Wildman–Crippen LogP) is 2.92. The second-order valence-electron chi connectivity index (χ2n) is 4.77. The average Bonchev–Trinajstić information content (AvgIpc) is 2.73. The third-order valence-corrected chi connectivity index (χ3v) is 3.47. The number of Topliss-reactive ketones (excluding diaryl/α,β-unsaturated/α-hetero) is 1. The SMILES string of the molecule is CCc1ccc(-n2c(C)cc(C(=O)C(=O)O)c2C)cc1. The van der Waals surface area contributed by atoms with Crippen LogP contribution in [0.15, 0.2) is 30.3 Å². The summed E-state index contributed by atoms with van der Waals surface area (Å²) in [5, 5.41) is 8.84. The molecular formula is C16H17NO3. The van der Waals surface area contributed by atoms with E-state index in [1.54, 1.807) is 13.0 Å². The highest BCUT2D eigenvalue weighted by Crippen LogP contribution is 2.21. The summed E-state index contributed by atoms with van der Waals surface area (Å²) in [6.45, 7) is 5.71. The number of aromatic nitrogens is 1. The van der Waals surface area contributed by atoms with Gasteiger partial charge in [0, 0.05) is 17.1 Å². The van der Waals surface area contributed by atoms with E-state index in [-0.39, 0.29) is 5.56 Å². The third kappa shape index (κ3) is 2.37. The van der Waals surface area contributed by atoms with Gasteiger partial charge in [0.1, 0.15) is 0 Å². The van der Waals surface area contributed by atoms with Crippen LogP contribution < -0.4 is 0 Å². The molecule has 1 aromatic heterocycles. The molecule has 0 aliphatic carbocycles. The first-order valence-electron chi connectivity index (χ1n) is 6.51. The Morgan fingerprint density at radius 1 is 1.15 bits per heavy atom. The molecule has 2 aromatic rings. The lowest BCUT2D eigenvalue weighted by Crippen LogP contribution is -2.13. The first kappa shape index (κ1) is 14.1. The Kier molecular flexibility index (Phi) is 3.74. The lowest BCUT2D eigenvalue weighted by molar-refractivity contribution is -0.131. The normalized spacial score (nSPS) is 10.6. The van der Waals surface area contributed by atoms with Gasteiger partial charge in [0.25, 0.3) is 5.78 Å². The molecule has 0 unspecified atom stereocenters. The fourth-order valence-electron chi connectivity index (χ4n) is 2.39. The number of carbonyl (C=O) groups is 2. The molecule has 4 heteroatoms. The summed E-state index contributed by atoms with van der Waals surface area (Å²) >= 11 is 0. The molecule has 0 saturated heterocycles. The minimum Gasteiger partial charge on any atom is -0.475 e. The molecule has 2 rings (SSSR count). The molecule has 1 N–H and O–H groups in total. The van der Waals surface area contributed by atoms with E-state index in [9.17, 15) is 9.59 Å². The summed E-state index contributed by atoms with van der Waals surface area (Å²) in [5.74, 6) is -2.29. The Labute approximate surface area is 117 Å². The van der Waals surface area contributed by atoms with Crippen LogP contribution in [0.25, 0.3) is 5.69 Å². The fraction of sp³-hybridized carbons (Fsp3) is 0.250. The van der Waals surface area contributed by atoms with Gasteiger partial charge in [-0.3, -0.25) is 4.79 Å². The molecule has 0 fully saturated rings. The van der Waals surface area contributed by atoms with Crippen LogP contribution >= 0.6 is 0 Å². The molecule has 0 atom stereocenters. The van der Waals surface area contributed by atoms with Gasteiger partial charge in [-0.1, -0.05) is 19.1 Å². The van der Waals surface area contributed by atoms with Crippen LogP contribution in [0.3, 0.4) is 0 Å². The van der Waals surface area contributed by atoms with Gasteiger partial charge in [-0.05, 0) is 44.0 Å². The number of carboxylic acids is 1. The number of carbonyl (C=O) groups excluding carboxylic acids is 1. The average molecular weight is 271 g/mol. The van der Waals surface area contributed by atoms with Crippen molar-refractivity contribution >= 4 is 11.8 Å². The van der Waals surface area contributed by atoms with Gasteiger partial charge >= 0.3 is 5.97 Å². The number of rotatable bonds is 4. The number of aliphatic carboxylic acids is 1. The number of carboxylic acid groups (broad SMARTS) is 1. The van der Waals surface area contributed by atoms with E-state index in [4.69, 9.17) is 5.11 Å². The predicted molar refractivity (Wildman–Crippen MR) is 76.6 cm³/mol. The van der Waals surface area contributed by atoms with Gasteiger partial charge in [0.15, 0.2) is 0 Å². The standard InChI is InChI=1S/C16H17NO3/c1-4-12-5-7-13(8-6-12)17-10(2)9-14(11(17)3)15(18)16(19)20/h5-9H,4H2,1-3H3,(H,19,20). The van der Waals surface area contributed by atoms with E-state index in [0.29, 0.717) is 5.69 Å². The minimum absolute atomic E-state index is 0.245. The van der Waals surface area contributed by atoms with Crippen molar-refractivity contribution in [3.8, 4) is 5.69 Å². The first-order chi connectivity index (χ1) is 9.45. The number of hydrogen-bond acceptors (Lipinski definition) is 2. The van der Waals surface area contributed by atoms with Crippen molar-refractivity contribution in [2.75, 3.05) is 0 Å². The monoisotopic (exact) mass is 271 g/mol. The Morgan fingerprint density at radius 3 is 2.25 bits per heavy atom. The molecule has 0 spiro atoms. The van der Waals surface area contributed by atoms with Gasteiger partial charge in [0.05, 0.1) is 5.56 Å². The van der Waals surface area contributed by atoms with E-state index in [1.165, 1.54) is 5.56 Å². The van der Waals surface area contributed by atoms with Crippen molar-refractivity contribution in [3.63, 3.8) is 0 Å². The maximum Gasteiger partial charge on any atom is 0.377 e. The Hall–Kier alpha value is -2.36. The van der Waals surface area contributed by atoms with Crippen LogP contribution in [-0.2, 0) is 11.2 Å². The molecule has 0 amide bonds. The molecule has 1 aromatic carbocycles. The summed E-state index contributed by atoms with van der Waals surface area (Å²) in [5.41, 5.74) is 3.91. The van der Waals surface area contributed by atoms with Gasteiger partial charge in [-0.15, -0.1) is 0 Å². The minimum atomic E-state index is -1.42. The van der Waals surface area contributed by atoms with E-state index in [0.717, 1.165) is 17.8 Å². The number of ketones is 1. The smallest absolute Gasteiger partial charge is 0.377 e. The quantitative estimate of drug-likeness (QED) is 0.687. The fourth-order valence-corrected chi connectivity index (χ4v) is 2.39. The van der Waals surface area contributed by atoms with E-state index in [2.05, 4.69) is 6.92 Å². The molecule has 104 valence electrons. The lowest BCUT2D eigenvalue weighted by Gasteiger charge is -2.10. The molecule has 1 heterocycles. The Balaban J connectivity index is 2.52. The maximum absolute atomic E-state index is 11.6. The number of nitrogens with zero attached hydrogens (tertiary/aromatic N) is 1. The van der Waals surface area contributed by atoms with Gasteiger partial charge in [-0.25, -0.2) is 4.79 Å². The Morgan fingerprint density at radius 2 is 1.75 bits per heavy atom. The third-order valence-electron chi connectivity index (χ3n) is 3.47. The zero-order valence-electron chi connectivity index (χ0n) is 11.8. The highest BCUT2D eigenvalue weighted by atomic mass is 16.4. The van der Waals surface area contributed by atoms with Crippen LogP contribution in [-0.4, -0.2) is 21.4 Å². The van der Waals surface area contributed by atoms with Crippen molar-refractivity contribution in [2.45, 2.75) is 27.2 Å². The van der Waals surface area contributed by atoms with E-state index >= 15 is 0 Å². The summed E-state index contributed by atoms with van der Waals surface area (Å²) in [6.07, 6.45) is 0.965. The Bertz CT molecular complexity index is 666. The summed E-state index contributed by atoms with van der Waals surface area (Å²) < 4.78 is 1.90. The first-order valence-corrected chi connectivity index (χ1v) is 6.51. The summed E-state index contributed by atoms with van der Waals surface area (Å²) in [7, 11) is 0. The summed E-state index contributed by atoms with van der Waals surface area (Å²) in [4.78, 5) is 22.5. The summed E-state index contributed by atoms with van der Waals surface area (Å²) in [6, 6.07) is 9.65. The highest BCUT2D eigenvalue weighted by Gasteiger charge is 2.21. The van der Waals surface area contributed by atoms with E-state index < -0.39 is 11.8 Å². The topological polar surface area (TPSA) is 59.3 Å². The van der Waals surface area contributed by atoms with Gasteiger partial charge in [-0.2, -0.15) is 0 Å². The van der Waals surface area contributed by atoms with Crippen LogP contribution in [0.4, 0.5) is 0 Å². The number of hydrogen-bond donors (Lipinski definition) is 1. The van der Waals surface area contributed by atoms with Gasteiger partial charge in [0.2, 0.25) is 0 Å². The van der Waals surface area contributed by atoms with Crippen LogP contribution in [0.5, 0.6) is 0 Å². The molecule has 0 aliphatic heterocycles. The van der Waals surface area contributed by atoms with Crippen LogP contribution in [0, 0.1) is 13.8 Å². The van der Waals surface area contributed by atoms with Crippen molar-refractivity contribution in [3.05, 3.63) is 52.8 Å². The molecule has 4 nitrogen and oxygen atoms in total.